The van der Waals surface area contributed by atoms with Crippen LogP contribution in [0.5, 0.6) is 0 Å². The molecule has 0 spiro atoms. The van der Waals surface area contributed by atoms with Crippen molar-refractivity contribution in [1.29, 1.82) is 0 Å². The van der Waals surface area contributed by atoms with E-state index in [2.05, 4.69) is 29.2 Å². The molecule has 0 saturated carbocycles. The van der Waals surface area contributed by atoms with Gasteiger partial charge in [0.2, 0.25) is 0 Å². The minimum absolute atomic E-state index is 0.343. The summed E-state index contributed by atoms with van der Waals surface area (Å²) in [5.74, 6) is 0.905. The SMILES string of the molecule is O=C([O-])c1cc2c3c(c1)C1C=CCC1CN3CC1CC=CC21. The van der Waals surface area contributed by atoms with Crippen molar-refractivity contribution in [3.63, 3.8) is 0 Å². The number of hydrogen-bond acceptors (Lipinski definition) is 3. The molecule has 1 aromatic rings. The molecule has 0 aromatic heterocycles. The fourth-order valence-electron chi connectivity index (χ4n) is 4.99. The van der Waals surface area contributed by atoms with Crippen molar-refractivity contribution < 1.29 is 9.90 Å². The molecule has 4 aliphatic rings. The molecular formula is C19H18NO2-. The monoisotopic (exact) mass is 292 g/mol. The van der Waals surface area contributed by atoms with Crippen LogP contribution in [0.1, 0.15) is 46.2 Å². The van der Waals surface area contributed by atoms with Crippen molar-refractivity contribution in [2.75, 3.05) is 18.0 Å². The van der Waals surface area contributed by atoms with Crippen LogP contribution in [-0.2, 0) is 0 Å². The van der Waals surface area contributed by atoms with Gasteiger partial charge >= 0.3 is 0 Å². The molecule has 4 atom stereocenters. The normalized spacial score (nSPS) is 33.5. The number of carbonyl (C=O) groups excluding carboxylic acids is 1. The van der Waals surface area contributed by atoms with Gasteiger partial charge in [-0.15, -0.1) is 0 Å². The Morgan fingerprint density at radius 2 is 1.55 bits per heavy atom. The minimum atomic E-state index is -1.06. The molecule has 0 saturated heterocycles. The van der Waals surface area contributed by atoms with Crippen molar-refractivity contribution >= 4 is 11.7 Å². The fourth-order valence-corrected chi connectivity index (χ4v) is 4.99. The second-order valence-electron chi connectivity index (χ2n) is 7.10. The Morgan fingerprint density at radius 1 is 1.00 bits per heavy atom. The summed E-state index contributed by atoms with van der Waals surface area (Å²) in [5, 5.41) is 11.5. The molecule has 2 heterocycles. The molecule has 0 N–H and O–H groups in total. The van der Waals surface area contributed by atoms with Crippen molar-refractivity contribution in [3.05, 3.63) is 53.1 Å². The summed E-state index contributed by atoms with van der Waals surface area (Å²) in [4.78, 5) is 14.0. The van der Waals surface area contributed by atoms with E-state index in [1.807, 2.05) is 12.1 Å². The molecule has 0 radical (unpaired) electrons. The maximum absolute atomic E-state index is 11.5. The predicted molar refractivity (Wildman–Crippen MR) is 83.0 cm³/mol. The van der Waals surface area contributed by atoms with Gasteiger partial charge in [-0.05, 0) is 53.5 Å². The number of benzene rings is 1. The zero-order valence-corrected chi connectivity index (χ0v) is 12.4. The Morgan fingerprint density at radius 3 is 2.05 bits per heavy atom. The standard InChI is InChI=1S/C19H19NO2/c21-19(22)13-7-16-14-5-1-3-11(14)9-20-10-12-4-2-6-15(12)17(8-13)18(16)20/h1-2,5-8,11-12,14-15H,3-4,9-10H2,(H,21,22)/p-1. The van der Waals surface area contributed by atoms with Crippen LogP contribution >= 0.6 is 0 Å². The predicted octanol–water partition coefficient (Wildman–Crippen LogP) is 2.20. The molecule has 112 valence electrons. The van der Waals surface area contributed by atoms with Crippen LogP contribution < -0.4 is 10.0 Å². The highest BCUT2D eigenvalue weighted by Gasteiger charge is 2.42. The maximum atomic E-state index is 11.5. The number of carboxylic acid groups (broad SMARTS) is 1. The Bertz CT molecular complexity index is 682. The van der Waals surface area contributed by atoms with Crippen molar-refractivity contribution in [3.8, 4) is 0 Å². The average molecular weight is 292 g/mol. The first kappa shape index (κ1) is 12.5. The molecule has 2 aliphatic carbocycles. The highest BCUT2D eigenvalue weighted by Crippen LogP contribution is 2.53. The number of anilines is 1. The third-order valence-electron chi connectivity index (χ3n) is 5.93. The summed E-state index contributed by atoms with van der Waals surface area (Å²) >= 11 is 0. The highest BCUT2D eigenvalue weighted by molar-refractivity contribution is 5.88. The summed E-state index contributed by atoms with van der Waals surface area (Å²) < 4.78 is 0. The zero-order chi connectivity index (χ0) is 14.8. The van der Waals surface area contributed by atoms with Gasteiger partial charge in [0.25, 0.3) is 0 Å². The number of hydrogen-bond donors (Lipinski definition) is 0. The average Bonchev–Trinajstić information content (AvgIpc) is 3.15. The van der Waals surface area contributed by atoms with Crippen molar-refractivity contribution in [2.45, 2.75) is 24.7 Å². The van der Waals surface area contributed by atoms with Crippen LogP contribution in [0.2, 0.25) is 0 Å². The molecule has 4 unspecified atom stereocenters. The van der Waals surface area contributed by atoms with Crippen LogP contribution in [0, 0.1) is 11.8 Å². The number of carboxylic acids is 1. The van der Waals surface area contributed by atoms with Crippen LogP contribution in [0.3, 0.4) is 0 Å². The molecule has 2 aliphatic heterocycles. The lowest BCUT2D eigenvalue weighted by atomic mass is 9.74. The van der Waals surface area contributed by atoms with E-state index in [4.69, 9.17) is 0 Å². The third-order valence-corrected chi connectivity index (χ3v) is 5.93. The number of fused-ring (bicyclic) bond motifs is 4. The van der Waals surface area contributed by atoms with Gasteiger partial charge in [0.05, 0.1) is 5.97 Å². The summed E-state index contributed by atoms with van der Waals surface area (Å²) in [6, 6.07) is 3.74. The van der Waals surface area contributed by atoms with Crippen molar-refractivity contribution in [2.24, 2.45) is 11.8 Å². The minimum Gasteiger partial charge on any atom is -0.545 e. The number of rotatable bonds is 1. The molecule has 5 rings (SSSR count). The highest BCUT2D eigenvalue weighted by atomic mass is 16.4. The number of allylic oxidation sites excluding steroid dienone is 4. The lowest BCUT2D eigenvalue weighted by Gasteiger charge is -2.46. The molecular weight excluding hydrogens is 274 g/mol. The second-order valence-corrected chi connectivity index (χ2v) is 7.10. The van der Waals surface area contributed by atoms with E-state index in [0.29, 0.717) is 29.2 Å². The van der Waals surface area contributed by atoms with Crippen LogP contribution in [0.25, 0.3) is 0 Å². The van der Waals surface area contributed by atoms with Gasteiger partial charge in [-0.1, -0.05) is 24.3 Å². The van der Waals surface area contributed by atoms with E-state index in [9.17, 15) is 9.90 Å². The van der Waals surface area contributed by atoms with E-state index in [1.54, 1.807) is 0 Å². The van der Waals surface area contributed by atoms with Crippen LogP contribution in [0.4, 0.5) is 5.69 Å². The third kappa shape index (κ3) is 1.54. The first-order valence-electron chi connectivity index (χ1n) is 8.20. The van der Waals surface area contributed by atoms with Gasteiger partial charge in [0.15, 0.2) is 0 Å². The van der Waals surface area contributed by atoms with Crippen LogP contribution in [0.15, 0.2) is 36.4 Å². The number of carbonyl (C=O) groups is 1. The lowest BCUT2D eigenvalue weighted by Crippen LogP contribution is -2.44. The van der Waals surface area contributed by atoms with E-state index >= 15 is 0 Å². The van der Waals surface area contributed by atoms with Crippen molar-refractivity contribution in [1.82, 2.24) is 0 Å². The van der Waals surface area contributed by atoms with Gasteiger partial charge < -0.3 is 14.8 Å². The first-order valence-corrected chi connectivity index (χ1v) is 8.20. The second kappa shape index (κ2) is 4.25. The molecule has 0 bridgehead atoms. The zero-order valence-electron chi connectivity index (χ0n) is 12.4. The topological polar surface area (TPSA) is 43.4 Å². The molecule has 0 fully saturated rings. The number of aromatic carboxylic acids is 1. The Kier molecular flexibility index (Phi) is 2.42. The molecule has 1 aromatic carbocycles. The Labute approximate surface area is 129 Å². The largest absolute Gasteiger partial charge is 0.545 e. The van der Waals surface area contributed by atoms with Gasteiger partial charge in [-0.2, -0.15) is 0 Å². The lowest BCUT2D eigenvalue weighted by molar-refractivity contribution is -0.255. The first-order chi connectivity index (χ1) is 10.7. The Balaban J connectivity index is 1.77. The van der Waals surface area contributed by atoms with E-state index in [-0.39, 0.29) is 0 Å². The van der Waals surface area contributed by atoms with Gasteiger partial charge in [-0.3, -0.25) is 0 Å². The maximum Gasteiger partial charge on any atom is 0.0715 e. The van der Waals surface area contributed by atoms with Gasteiger partial charge in [0.1, 0.15) is 0 Å². The van der Waals surface area contributed by atoms with Gasteiger partial charge in [0, 0.05) is 30.6 Å². The number of nitrogens with zero attached hydrogens (tertiary/aromatic N) is 1. The molecule has 3 heteroatoms. The van der Waals surface area contributed by atoms with E-state index in [0.717, 1.165) is 25.9 Å². The molecule has 0 amide bonds. The summed E-state index contributed by atoms with van der Waals surface area (Å²) in [5.41, 5.74) is 4.07. The van der Waals surface area contributed by atoms with Gasteiger partial charge in [-0.25, -0.2) is 0 Å². The van der Waals surface area contributed by atoms with E-state index in [1.165, 1.54) is 16.8 Å². The molecule has 22 heavy (non-hydrogen) atoms. The molecule has 3 nitrogen and oxygen atoms in total. The summed E-state index contributed by atoms with van der Waals surface area (Å²) in [6.07, 6.45) is 11.3. The fraction of sp³-hybridized carbons (Fsp3) is 0.421. The summed E-state index contributed by atoms with van der Waals surface area (Å²) in [7, 11) is 0. The van der Waals surface area contributed by atoms with Crippen LogP contribution in [-0.4, -0.2) is 19.1 Å². The summed E-state index contributed by atoms with van der Waals surface area (Å²) in [6.45, 7) is 2.21. The smallest absolute Gasteiger partial charge is 0.0715 e. The van der Waals surface area contributed by atoms with E-state index < -0.39 is 5.97 Å². The quantitative estimate of drug-likeness (QED) is 0.745. The Hall–Kier alpha value is -2.03.